The molecular formula is C33H55N3O7. The molecule has 2 rings (SSSR count). The second-order valence-corrected chi connectivity index (χ2v) is 13.4. The Balaban J connectivity index is 2.18. The molecule has 0 saturated carbocycles. The van der Waals surface area contributed by atoms with Crippen LogP contribution in [-0.2, 0) is 19.1 Å². The molecule has 0 fully saturated rings. The van der Waals surface area contributed by atoms with Crippen LogP contribution >= 0.6 is 0 Å². The first-order chi connectivity index (χ1) is 20.2. The number of nitrogens with one attached hydrogen (secondary N) is 2. The Labute approximate surface area is 258 Å². The van der Waals surface area contributed by atoms with Gasteiger partial charge in [-0.15, -0.1) is 0 Å². The van der Waals surface area contributed by atoms with E-state index in [2.05, 4.69) is 17.6 Å². The lowest BCUT2D eigenvalue weighted by Gasteiger charge is -2.38. The zero-order valence-electron chi connectivity index (χ0n) is 27.5. The van der Waals surface area contributed by atoms with Gasteiger partial charge in [0.2, 0.25) is 11.8 Å². The van der Waals surface area contributed by atoms with E-state index in [-0.39, 0.29) is 30.8 Å². The Morgan fingerprint density at radius 3 is 2.47 bits per heavy atom. The molecule has 1 aromatic rings. The smallest absolute Gasteiger partial charge is 0.407 e. The number of hydrogen-bond acceptors (Lipinski definition) is 7. The van der Waals surface area contributed by atoms with Crippen LogP contribution in [0.5, 0.6) is 5.75 Å². The van der Waals surface area contributed by atoms with E-state index in [0.29, 0.717) is 44.2 Å². The van der Waals surface area contributed by atoms with Crippen molar-refractivity contribution in [1.82, 2.24) is 10.6 Å². The van der Waals surface area contributed by atoms with Crippen molar-refractivity contribution < 1.29 is 33.7 Å². The monoisotopic (exact) mass is 605 g/mol. The maximum atomic E-state index is 13.8. The minimum atomic E-state index is -1.03. The number of amides is 3. The van der Waals surface area contributed by atoms with E-state index < -0.39 is 35.2 Å². The van der Waals surface area contributed by atoms with E-state index in [1.165, 1.54) is 0 Å². The first kappa shape index (κ1) is 36.3. The zero-order chi connectivity index (χ0) is 32.2. The molecule has 0 saturated heterocycles. The van der Waals surface area contributed by atoms with Gasteiger partial charge in [0.25, 0.3) is 0 Å². The van der Waals surface area contributed by atoms with Crippen molar-refractivity contribution in [2.75, 3.05) is 31.2 Å². The number of hydrogen-bond donors (Lipinski definition) is 3. The van der Waals surface area contributed by atoms with Crippen molar-refractivity contribution in [3.8, 4) is 5.75 Å². The van der Waals surface area contributed by atoms with Crippen LogP contribution in [0.2, 0.25) is 0 Å². The minimum Gasteiger partial charge on any atom is -0.484 e. The van der Waals surface area contributed by atoms with Crippen molar-refractivity contribution in [3.63, 3.8) is 0 Å². The zero-order valence-corrected chi connectivity index (χ0v) is 27.5. The third-order valence-corrected chi connectivity index (χ3v) is 7.23. The number of ether oxygens (including phenoxy) is 3. The Bertz CT molecular complexity index is 1040. The van der Waals surface area contributed by atoms with Crippen molar-refractivity contribution >= 4 is 23.6 Å². The summed E-state index contributed by atoms with van der Waals surface area (Å²) in [5.74, 6) is -0.0517. The molecule has 1 aliphatic heterocycles. The normalized spacial score (nSPS) is 17.2. The number of aliphatic hydroxyl groups excluding tert-OH is 1. The summed E-state index contributed by atoms with van der Waals surface area (Å²) in [7, 11) is 0. The number of aliphatic hydroxyl groups is 1. The van der Waals surface area contributed by atoms with Crippen molar-refractivity contribution in [3.05, 3.63) is 24.3 Å². The number of fused-ring (bicyclic) bond motifs is 1. The highest BCUT2D eigenvalue weighted by Gasteiger charge is 2.37. The molecule has 10 nitrogen and oxygen atoms in total. The van der Waals surface area contributed by atoms with Crippen LogP contribution in [0.4, 0.5) is 10.5 Å². The molecule has 43 heavy (non-hydrogen) atoms. The van der Waals surface area contributed by atoms with Gasteiger partial charge >= 0.3 is 6.09 Å². The van der Waals surface area contributed by atoms with Crippen LogP contribution in [0.25, 0.3) is 0 Å². The molecule has 4 atom stereocenters. The molecule has 1 unspecified atom stereocenters. The molecule has 0 aromatic heterocycles. The van der Waals surface area contributed by atoms with E-state index >= 15 is 0 Å². The quantitative estimate of drug-likeness (QED) is 0.221. The molecule has 1 aromatic carbocycles. The van der Waals surface area contributed by atoms with Gasteiger partial charge < -0.3 is 34.9 Å². The molecule has 0 aliphatic carbocycles. The SMILES string of the molecule is CCCCNC(=O)[C@H](C)C[C@H](O)[C@H](CC(C)(C)CC(=O)N1CC(COCCC)Oc2ccccc21)NC(=O)OC(C)(C)C. The Hall–Kier alpha value is -2.85. The van der Waals surface area contributed by atoms with E-state index in [0.717, 1.165) is 19.3 Å². The fraction of sp³-hybridized carbons (Fsp3) is 0.727. The Morgan fingerprint density at radius 2 is 1.81 bits per heavy atom. The summed E-state index contributed by atoms with van der Waals surface area (Å²) in [5.41, 5.74) is -0.633. The van der Waals surface area contributed by atoms with E-state index in [1.807, 2.05) is 45.0 Å². The number of anilines is 1. The van der Waals surface area contributed by atoms with Gasteiger partial charge in [-0.1, -0.05) is 53.2 Å². The number of nitrogens with zero attached hydrogens (tertiary/aromatic N) is 1. The topological polar surface area (TPSA) is 126 Å². The Kier molecular flexibility index (Phi) is 14.2. The summed E-state index contributed by atoms with van der Waals surface area (Å²) in [6.07, 6.45) is 1.37. The largest absolute Gasteiger partial charge is 0.484 e. The van der Waals surface area contributed by atoms with Crippen LogP contribution in [0, 0.1) is 11.3 Å². The van der Waals surface area contributed by atoms with Gasteiger partial charge in [-0.3, -0.25) is 9.59 Å². The van der Waals surface area contributed by atoms with Crippen LogP contribution < -0.4 is 20.3 Å². The fourth-order valence-corrected chi connectivity index (χ4v) is 5.09. The predicted molar refractivity (Wildman–Crippen MR) is 168 cm³/mol. The third kappa shape index (κ3) is 12.7. The van der Waals surface area contributed by atoms with Gasteiger partial charge in [0, 0.05) is 25.5 Å². The highest BCUT2D eigenvalue weighted by molar-refractivity contribution is 5.95. The predicted octanol–water partition coefficient (Wildman–Crippen LogP) is 5.21. The molecule has 10 heteroatoms. The molecule has 244 valence electrons. The average molecular weight is 606 g/mol. The number of alkyl carbamates (subject to hydrolysis) is 1. The average Bonchev–Trinajstić information content (AvgIpc) is 2.90. The maximum absolute atomic E-state index is 13.8. The van der Waals surface area contributed by atoms with E-state index in [1.54, 1.807) is 32.6 Å². The van der Waals surface area contributed by atoms with E-state index in [9.17, 15) is 19.5 Å². The maximum Gasteiger partial charge on any atom is 0.407 e. The number of rotatable bonds is 16. The summed E-state index contributed by atoms with van der Waals surface area (Å²) in [4.78, 5) is 40.9. The number of unbranched alkanes of at least 4 members (excludes halogenated alkanes) is 1. The highest BCUT2D eigenvalue weighted by atomic mass is 16.6. The molecular weight excluding hydrogens is 550 g/mol. The van der Waals surface area contributed by atoms with Gasteiger partial charge in [-0.25, -0.2) is 4.79 Å². The summed E-state index contributed by atoms with van der Waals surface area (Å²) in [5, 5.41) is 17.0. The second kappa shape index (κ2) is 16.9. The second-order valence-electron chi connectivity index (χ2n) is 13.4. The molecule has 0 radical (unpaired) electrons. The molecule has 0 spiro atoms. The summed E-state index contributed by atoms with van der Waals surface area (Å²) >= 11 is 0. The van der Waals surface area contributed by atoms with Gasteiger partial charge in [0.1, 0.15) is 17.5 Å². The molecule has 1 aliphatic rings. The van der Waals surface area contributed by atoms with Gasteiger partial charge in [-0.05, 0) is 64.0 Å². The van der Waals surface area contributed by atoms with Crippen LogP contribution in [0.15, 0.2) is 24.3 Å². The first-order valence-corrected chi connectivity index (χ1v) is 15.7. The van der Waals surface area contributed by atoms with Crippen LogP contribution in [0.1, 0.15) is 93.9 Å². The standard InChI is InChI=1S/C33H55N3O7/c1-9-11-16-34-30(39)23(3)18-27(37)25(35-31(40)43-32(4,5)6)19-33(7,8)20-29(38)36-21-24(22-41-17-10-2)42-28-15-13-12-14-26(28)36/h12-15,23-25,27,37H,9-11,16-22H2,1-8H3,(H,34,39)(H,35,40)/t23-,24?,25+,27+/m1/s1. The van der Waals surface area contributed by atoms with Crippen LogP contribution in [0.3, 0.4) is 0 Å². The lowest BCUT2D eigenvalue weighted by Crippen LogP contribution is -2.50. The van der Waals surface area contributed by atoms with Crippen molar-refractivity contribution in [1.29, 1.82) is 0 Å². The summed E-state index contributed by atoms with van der Waals surface area (Å²) in [6, 6.07) is 6.73. The lowest BCUT2D eigenvalue weighted by molar-refractivity contribution is -0.125. The number of benzene rings is 1. The summed E-state index contributed by atoms with van der Waals surface area (Å²) in [6.45, 7) is 17.0. The number of carbonyl (C=O) groups excluding carboxylic acids is 3. The Morgan fingerprint density at radius 1 is 1.12 bits per heavy atom. The van der Waals surface area contributed by atoms with Gasteiger partial charge in [0.05, 0.1) is 31.0 Å². The minimum absolute atomic E-state index is 0.0876. The van der Waals surface area contributed by atoms with Gasteiger partial charge in [-0.2, -0.15) is 0 Å². The van der Waals surface area contributed by atoms with E-state index in [4.69, 9.17) is 14.2 Å². The number of para-hydroxylation sites is 2. The van der Waals surface area contributed by atoms with Crippen molar-refractivity contribution in [2.24, 2.45) is 11.3 Å². The van der Waals surface area contributed by atoms with Crippen LogP contribution in [-0.4, -0.2) is 73.2 Å². The van der Waals surface area contributed by atoms with Gasteiger partial charge in [0.15, 0.2) is 0 Å². The third-order valence-electron chi connectivity index (χ3n) is 7.23. The van der Waals surface area contributed by atoms with Crippen molar-refractivity contribution in [2.45, 2.75) is 118 Å². The summed E-state index contributed by atoms with van der Waals surface area (Å²) < 4.78 is 17.3. The molecule has 3 amide bonds. The fourth-order valence-electron chi connectivity index (χ4n) is 5.09. The molecule has 0 bridgehead atoms. The lowest BCUT2D eigenvalue weighted by atomic mass is 9.79. The molecule has 3 N–H and O–H groups in total. The first-order valence-electron chi connectivity index (χ1n) is 15.7. The highest BCUT2D eigenvalue weighted by Crippen LogP contribution is 2.36. The molecule has 1 heterocycles. The number of carbonyl (C=O) groups is 3.